The summed E-state index contributed by atoms with van der Waals surface area (Å²) in [5, 5.41) is 2.99. The zero-order valence-corrected chi connectivity index (χ0v) is 34.2. The van der Waals surface area contributed by atoms with E-state index >= 15 is 0 Å². The van der Waals surface area contributed by atoms with E-state index in [9.17, 15) is 0 Å². The van der Waals surface area contributed by atoms with E-state index in [1.807, 2.05) is 11.8 Å². The Bertz CT molecular complexity index is 2870. The molecule has 6 aromatic carbocycles. The normalized spacial score (nSPS) is 26.0. The van der Waals surface area contributed by atoms with Crippen LogP contribution >= 0.6 is 11.8 Å². The minimum Gasteiger partial charge on any atom is -0.374 e. The van der Waals surface area contributed by atoms with E-state index in [4.69, 9.17) is 0 Å². The molecule has 7 aromatic rings. The summed E-state index contributed by atoms with van der Waals surface area (Å²) in [4.78, 5) is 5.52. The summed E-state index contributed by atoms with van der Waals surface area (Å²) in [5.41, 5.74) is 19.2. The van der Waals surface area contributed by atoms with Gasteiger partial charge in [-0.1, -0.05) is 130 Å². The van der Waals surface area contributed by atoms with Crippen LogP contribution in [0, 0.1) is 11.8 Å². The highest BCUT2D eigenvalue weighted by Crippen LogP contribution is 2.57. The molecule has 0 unspecified atom stereocenters. The molecule has 4 heterocycles. The van der Waals surface area contributed by atoms with Gasteiger partial charge in [-0.2, -0.15) is 0 Å². The third kappa shape index (κ3) is 4.43. The highest BCUT2D eigenvalue weighted by Gasteiger charge is 2.49. The number of anilines is 2. The summed E-state index contributed by atoms with van der Waals surface area (Å²) in [6.45, 7) is 0.0830. The van der Waals surface area contributed by atoms with Gasteiger partial charge in [0.2, 0.25) is 0 Å². The van der Waals surface area contributed by atoms with Crippen molar-refractivity contribution < 1.29 is 0 Å². The van der Waals surface area contributed by atoms with Gasteiger partial charge in [0.05, 0.1) is 16.7 Å². The highest BCUT2D eigenvalue weighted by atomic mass is 32.2. The molecule has 4 bridgehead atoms. The molecule has 0 atom stereocenters. The average Bonchev–Trinajstić information content (AvgIpc) is 3.60. The molecule has 0 N–H and O–H groups in total. The Morgan fingerprint density at radius 2 is 1.24 bits per heavy atom. The minimum absolute atomic E-state index is 0.0830. The fraction of sp³-hybridized carbons (Fsp3) is 0.333. The molecule has 2 nitrogen and oxygen atoms in total. The molecule has 1 aromatic heterocycles. The fourth-order valence-electron chi connectivity index (χ4n) is 14.3. The van der Waals surface area contributed by atoms with Crippen molar-refractivity contribution in [3.63, 3.8) is 0 Å². The van der Waals surface area contributed by atoms with Crippen molar-refractivity contribution in [2.24, 2.45) is 11.8 Å². The topological polar surface area (TPSA) is 8.17 Å². The number of para-hydroxylation sites is 2. The van der Waals surface area contributed by atoms with E-state index in [0.717, 1.165) is 11.8 Å². The van der Waals surface area contributed by atoms with Crippen molar-refractivity contribution in [3.8, 4) is 27.9 Å². The van der Waals surface area contributed by atoms with Crippen LogP contribution in [0.4, 0.5) is 11.4 Å². The van der Waals surface area contributed by atoms with Gasteiger partial charge < -0.3 is 9.38 Å². The zero-order chi connectivity index (χ0) is 37.7. The average molecular weight is 769 g/mol. The molecule has 4 heteroatoms. The number of hydrogen-bond donors (Lipinski definition) is 0. The van der Waals surface area contributed by atoms with Crippen LogP contribution in [0.5, 0.6) is 0 Å². The summed E-state index contributed by atoms with van der Waals surface area (Å²) in [5.74, 6) is 1.79. The molecular weight excluding hydrogens is 719 g/mol. The smallest absolute Gasteiger partial charge is 0.333 e. The van der Waals surface area contributed by atoms with Crippen molar-refractivity contribution in [3.05, 3.63) is 126 Å². The molecule has 58 heavy (non-hydrogen) atoms. The van der Waals surface area contributed by atoms with Gasteiger partial charge in [-0.05, 0) is 148 Å². The number of rotatable bonds is 3. The minimum atomic E-state index is 0.0830. The Labute approximate surface area is 347 Å². The van der Waals surface area contributed by atoms with Crippen molar-refractivity contribution in [1.82, 2.24) is 4.57 Å². The van der Waals surface area contributed by atoms with Crippen LogP contribution in [0.1, 0.15) is 101 Å². The molecule has 4 aliphatic carbocycles. The van der Waals surface area contributed by atoms with Crippen molar-refractivity contribution in [2.45, 2.75) is 111 Å². The molecular formula is C54H49BN2S. The predicted octanol–water partition coefficient (Wildman–Crippen LogP) is 13.4. The number of hydrogen-bond acceptors (Lipinski definition) is 2. The maximum Gasteiger partial charge on any atom is 0.333 e. The van der Waals surface area contributed by atoms with Gasteiger partial charge in [0, 0.05) is 37.5 Å². The standard InChI is InChI=1S/C54H49BN2S/c1-2-15-36(16-3-1)37-27-42-40-17-6-20-49-52(40)57(46-18-4-5-19-48(46)58-49)55-44-31-39(54-25-9-13-35(33-54)14-10-26-54)30-43-41-29-38(53-23-7-11-34(32-53)12-8-24-53)21-22-45(41)56(51(43)44)47(28-37)50(42)55/h1-6,15-22,27-31,34-35H,7-14,23-26,32-33H2. The molecule has 0 spiro atoms. The van der Waals surface area contributed by atoms with E-state index in [0.29, 0.717) is 5.41 Å². The maximum absolute atomic E-state index is 2.79. The van der Waals surface area contributed by atoms with E-state index in [-0.39, 0.29) is 12.3 Å². The lowest BCUT2D eigenvalue weighted by molar-refractivity contribution is 0.149. The van der Waals surface area contributed by atoms with E-state index in [2.05, 4.69) is 125 Å². The van der Waals surface area contributed by atoms with Gasteiger partial charge in [-0.25, -0.2) is 0 Å². The zero-order valence-electron chi connectivity index (χ0n) is 33.4. The van der Waals surface area contributed by atoms with Gasteiger partial charge in [-0.3, -0.25) is 0 Å². The van der Waals surface area contributed by atoms with Crippen LogP contribution in [0.2, 0.25) is 0 Å². The molecule has 4 fully saturated rings. The Kier molecular flexibility index (Phi) is 6.85. The number of benzene rings is 6. The second-order valence-corrected chi connectivity index (χ2v) is 20.7. The summed E-state index contributed by atoms with van der Waals surface area (Å²) in [6.07, 6.45) is 19.4. The van der Waals surface area contributed by atoms with Crippen LogP contribution in [0.15, 0.2) is 125 Å². The Balaban J connectivity index is 1.12. The van der Waals surface area contributed by atoms with Crippen molar-refractivity contribution in [1.29, 1.82) is 0 Å². The second kappa shape index (κ2) is 12.0. The quantitative estimate of drug-likeness (QED) is 0.165. The number of aromatic nitrogens is 1. The van der Waals surface area contributed by atoms with Gasteiger partial charge in [-0.15, -0.1) is 0 Å². The molecule has 0 saturated heterocycles. The van der Waals surface area contributed by atoms with E-state index < -0.39 is 0 Å². The van der Waals surface area contributed by atoms with Gasteiger partial charge in [0.25, 0.3) is 0 Å². The fourth-order valence-corrected chi connectivity index (χ4v) is 15.4. The maximum atomic E-state index is 2.79. The first kappa shape index (κ1) is 33.2. The van der Waals surface area contributed by atoms with E-state index in [1.165, 1.54) is 172 Å². The molecule has 0 radical (unpaired) electrons. The van der Waals surface area contributed by atoms with Gasteiger partial charge in [0.1, 0.15) is 0 Å². The lowest BCUT2D eigenvalue weighted by atomic mass is 9.43. The summed E-state index contributed by atoms with van der Waals surface area (Å²) < 4.78 is 2.75. The van der Waals surface area contributed by atoms with Crippen molar-refractivity contribution in [2.75, 3.05) is 4.81 Å². The summed E-state index contributed by atoms with van der Waals surface area (Å²) in [6, 6.07) is 46.0. The first-order chi connectivity index (χ1) is 28.6. The molecule has 284 valence electrons. The molecule has 0 amide bonds. The van der Waals surface area contributed by atoms with Crippen LogP contribution in [0.25, 0.3) is 49.7 Å². The van der Waals surface area contributed by atoms with Gasteiger partial charge in [0.15, 0.2) is 0 Å². The predicted molar refractivity (Wildman–Crippen MR) is 244 cm³/mol. The SMILES string of the molecule is c1ccc(-c2cc3c4c(c2)-n2c5ccc(C67CCCC(CCC6)C7)cc5c5cc(C67CCCC(CCC6)C7)cc(c52)B4N2c4ccccc4Sc4cccc-3c42)cc1. The Morgan fingerprint density at radius 3 is 2.02 bits per heavy atom. The van der Waals surface area contributed by atoms with Crippen molar-refractivity contribution >= 4 is 62.7 Å². The molecule has 14 rings (SSSR count). The number of nitrogens with zero attached hydrogens (tertiary/aromatic N) is 2. The van der Waals surface area contributed by atoms with Crippen LogP contribution in [-0.2, 0) is 10.8 Å². The largest absolute Gasteiger partial charge is 0.374 e. The lowest BCUT2D eigenvalue weighted by Gasteiger charge is -2.47. The molecule has 4 saturated carbocycles. The van der Waals surface area contributed by atoms with Crippen LogP contribution < -0.4 is 15.7 Å². The van der Waals surface area contributed by atoms with Gasteiger partial charge >= 0.3 is 6.85 Å². The highest BCUT2D eigenvalue weighted by molar-refractivity contribution is 7.99. The Morgan fingerprint density at radius 1 is 0.552 bits per heavy atom. The third-order valence-electron chi connectivity index (χ3n) is 16.8. The molecule has 7 aliphatic rings. The lowest BCUT2D eigenvalue weighted by Crippen LogP contribution is -2.61. The van der Waals surface area contributed by atoms with Crippen LogP contribution in [0.3, 0.4) is 0 Å². The summed E-state index contributed by atoms with van der Waals surface area (Å²) in [7, 11) is 0. The monoisotopic (exact) mass is 768 g/mol. The number of fused-ring (bicyclic) bond motifs is 13. The summed E-state index contributed by atoms with van der Waals surface area (Å²) >= 11 is 1.95. The Hall–Kier alpha value is -4.67. The van der Waals surface area contributed by atoms with E-state index in [1.54, 1.807) is 11.1 Å². The van der Waals surface area contributed by atoms with Crippen LogP contribution in [-0.4, -0.2) is 11.4 Å². The third-order valence-corrected chi connectivity index (χ3v) is 17.9. The molecule has 3 aliphatic heterocycles. The second-order valence-electron chi connectivity index (χ2n) is 19.6. The first-order valence-electron chi connectivity index (χ1n) is 22.7. The first-order valence-corrected chi connectivity index (χ1v) is 23.5.